The Hall–Kier alpha value is -1.30. The van der Waals surface area contributed by atoms with Crippen LogP contribution in [0.3, 0.4) is 0 Å². The zero-order valence-corrected chi connectivity index (χ0v) is 9.40. The van der Waals surface area contributed by atoms with Gasteiger partial charge in [0, 0.05) is 0 Å². The fraction of sp³-hybridized carbons (Fsp3) is 0.300. The van der Waals surface area contributed by atoms with Gasteiger partial charge in [0.1, 0.15) is 6.10 Å². The number of carbonyl (C=O) groups is 1. The number of hydrogen-bond acceptors (Lipinski definition) is 4. The van der Waals surface area contributed by atoms with Gasteiger partial charge in [-0.15, -0.1) is 0 Å². The number of nitrogen functional groups attached to an aromatic ring is 1. The molecule has 1 amide bonds. The van der Waals surface area contributed by atoms with Gasteiger partial charge in [0.15, 0.2) is 6.10 Å². The number of halogens is 1. The molecule has 1 rings (SSSR count). The van der Waals surface area contributed by atoms with E-state index in [4.69, 9.17) is 23.1 Å². The molecule has 0 spiro atoms. The minimum Gasteiger partial charge on any atom is -0.397 e. The van der Waals surface area contributed by atoms with E-state index < -0.39 is 18.1 Å². The van der Waals surface area contributed by atoms with E-state index >= 15 is 0 Å². The van der Waals surface area contributed by atoms with E-state index in [0.29, 0.717) is 16.8 Å². The number of aliphatic hydroxyl groups excluding tert-OH is 2. The van der Waals surface area contributed by atoms with Crippen LogP contribution in [-0.2, 0) is 4.79 Å². The molecule has 6 heteroatoms. The van der Waals surface area contributed by atoms with Gasteiger partial charge in [-0.1, -0.05) is 17.7 Å². The first kappa shape index (κ1) is 12.8. The molecule has 0 saturated carbocycles. The minimum atomic E-state index is -1.67. The summed E-state index contributed by atoms with van der Waals surface area (Å²) in [5.41, 5.74) is 11.8. The number of benzene rings is 1. The Labute approximate surface area is 97.6 Å². The Balaban J connectivity index is 3.10. The highest BCUT2D eigenvalue weighted by Crippen LogP contribution is 2.28. The van der Waals surface area contributed by atoms with Crippen LogP contribution in [0.2, 0.25) is 5.02 Å². The molecule has 1 aromatic carbocycles. The van der Waals surface area contributed by atoms with Crippen molar-refractivity contribution in [1.82, 2.24) is 0 Å². The van der Waals surface area contributed by atoms with Gasteiger partial charge in [0.2, 0.25) is 5.91 Å². The molecule has 2 unspecified atom stereocenters. The number of rotatable bonds is 3. The minimum absolute atomic E-state index is 0.255. The van der Waals surface area contributed by atoms with Crippen LogP contribution >= 0.6 is 11.6 Å². The molecule has 0 aliphatic heterocycles. The lowest BCUT2D eigenvalue weighted by Gasteiger charge is -2.16. The maximum Gasteiger partial charge on any atom is 0.249 e. The van der Waals surface area contributed by atoms with Crippen molar-refractivity contribution >= 4 is 23.2 Å². The summed E-state index contributed by atoms with van der Waals surface area (Å²) in [4.78, 5) is 10.7. The normalized spacial score (nSPS) is 14.5. The second kappa shape index (κ2) is 4.69. The summed E-state index contributed by atoms with van der Waals surface area (Å²) in [7, 11) is 0. The number of anilines is 1. The molecule has 0 saturated heterocycles. The molecule has 0 aliphatic rings. The molecule has 6 N–H and O–H groups in total. The van der Waals surface area contributed by atoms with Crippen molar-refractivity contribution in [1.29, 1.82) is 0 Å². The van der Waals surface area contributed by atoms with E-state index in [1.165, 1.54) is 12.1 Å². The largest absolute Gasteiger partial charge is 0.397 e. The number of aryl methyl sites for hydroxylation is 1. The van der Waals surface area contributed by atoms with E-state index in [2.05, 4.69) is 0 Å². The zero-order chi connectivity index (χ0) is 12.5. The van der Waals surface area contributed by atoms with Gasteiger partial charge in [-0.2, -0.15) is 0 Å². The van der Waals surface area contributed by atoms with Gasteiger partial charge >= 0.3 is 0 Å². The highest BCUT2D eigenvalue weighted by Gasteiger charge is 2.24. The van der Waals surface area contributed by atoms with Gasteiger partial charge in [0.05, 0.1) is 10.7 Å². The Bertz CT molecular complexity index is 400. The van der Waals surface area contributed by atoms with Crippen LogP contribution in [0, 0.1) is 6.92 Å². The van der Waals surface area contributed by atoms with Gasteiger partial charge in [-0.3, -0.25) is 4.79 Å². The van der Waals surface area contributed by atoms with Crippen molar-refractivity contribution in [3.8, 4) is 0 Å². The van der Waals surface area contributed by atoms with Crippen LogP contribution in [0.15, 0.2) is 12.1 Å². The number of primary amides is 1. The summed E-state index contributed by atoms with van der Waals surface area (Å²) >= 11 is 5.81. The topological polar surface area (TPSA) is 110 Å². The van der Waals surface area contributed by atoms with Crippen LogP contribution in [0.1, 0.15) is 17.2 Å². The molecule has 0 aliphatic carbocycles. The van der Waals surface area contributed by atoms with E-state index in [0.717, 1.165) is 0 Å². The van der Waals surface area contributed by atoms with Crippen molar-refractivity contribution < 1.29 is 15.0 Å². The van der Waals surface area contributed by atoms with Crippen molar-refractivity contribution in [2.24, 2.45) is 5.73 Å². The zero-order valence-electron chi connectivity index (χ0n) is 8.64. The lowest BCUT2D eigenvalue weighted by atomic mass is 10.0. The third kappa shape index (κ3) is 2.44. The Morgan fingerprint density at radius 2 is 2.00 bits per heavy atom. The van der Waals surface area contributed by atoms with E-state index in [1.807, 2.05) is 0 Å². The average molecular weight is 245 g/mol. The summed E-state index contributed by atoms with van der Waals surface area (Å²) in [6.45, 7) is 1.70. The third-order valence-corrected chi connectivity index (χ3v) is 2.60. The molecule has 16 heavy (non-hydrogen) atoms. The predicted molar refractivity (Wildman–Crippen MR) is 60.8 cm³/mol. The average Bonchev–Trinajstić information content (AvgIpc) is 2.22. The quantitative estimate of drug-likeness (QED) is 0.566. The van der Waals surface area contributed by atoms with E-state index in [-0.39, 0.29) is 5.02 Å². The number of aliphatic hydroxyl groups is 2. The van der Waals surface area contributed by atoms with Crippen molar-refractivity contribution in [3.63, 3.8) is 0 Å². The maximum atomic E-state index is 10.7. The first-order valence-electron chi connectivity index (χ1n) is 4.55. The fourth-order valence-corrected chi connectivity index (χ4v) is 1.57. The number of carbonyl (C=O) groups excluding carboxylic acids is 1. The fourth-order valence-electron chi connectivity index (χ4n) is 1.29. The van der Waals surface area contributed by atoms with Gasteiger partial charge in [0.25, 0.3) is 0 Å². The molecule has 0 heterocycles. The lowest BCUT2D eigenvalue weighted by Crippen LogP contribution is -2.33. The highest BCUT2D eigenvalue weighted by atomic mass is 35.5. The van der Waals surface area contributed by atoms with Crippen LogP contribution in [-0.4, -0.2) is 22.2 Å². The Morgan fingerprint density at radius 3 is 2.44 bits per heavy atom. The number of amides is 1. The van der Waals surface area contributed by atoms with Crippen molar-refractivity contribution in [2.45, 2.75) is 19.1 Å². The molecule has 5 nitrogen and oxygen atoms in total. The van der Waals surface area contributed by atoms with E-state index in [9.17, 15) is 15.0 Å². The van der Waals surface area contributed by atoms with Crippen LogP contribution < -0.4 is 11.5 Å². The second-order valence-electron chi connectivity index (χ2n) is 3.53. The van der Waals surface area contributed by atoms with Gasteiger partial charge in [-0.05, 0) is 24.1 Å². The van der Waals surface area contributed by atoms with Gasteiger partial charge < -0.3 is 21.7 Å². The molecular formula is C10H13ClN2O3. The summed E-state index contributed by atoms with van der Waals surface area (Å²) in [6, 6.07) is 2.93. The smallest absolute Gasteiger partial charge is 0.249 e. The summed E-state index contributed by atoms with van der Waals surface area (Å²) in [6.07, 6.45) is -3.08. The summed E-state index contributed by atoms with van der Waals surface area (Å²) in [5, 5.41) is 19.2. The van der Waals surface area contributed by atoms with Gasteiger partial charge in [-0.25, -0.2) is 0 Å². The Kier molecular flexibility index (Phi) is 3.74. The highest BCUT2D eigenvalue weighted by molar-refractivity contribution is 6.33. The molecule has 0 bridgehead atoms. The Morgan fingerprint density at radius 1 is 1.44 bits per heavy atom. The molecular weight excluding hydrogens is 232 g/mol. The first-order chi connectivity index (χ1) is 7.34. The predicted octanol–water partition coefficient (Wildman–Crippen LogP) is 0.110. The summed E-state index contributed by atoms with van der Waals surface area (Å²) < 4.78 is 0. The van der Waals surface area contributed by atoms with Crippen LogP contribution in [0.5, 0.6) is 0 Å². The first-order valence-corrected chi connectivity index (χ1v) is 4.93. The van der Waals surface area contributed by atoms with Crippen LogP contribution in [0.4, 0.5) is 5.69 Å². The summed E-state index contributed by atoms with van der Waals surface area (Å²) in [5.74, 6) is -1.00. The monoisotopic (exact) mass is 244 g/mol. The third-order valence-electron chi connectivity index (χ3n) is 2.29. The lowest BCUT2D eigenvalue weighted by molar-refractivity contribution is -0.131. The standard InChI is InChI=1S/C10H13ClN2O3/c1-4-2-5(3-6(11)7(4)12)8(14)9(15)10(13)16/h2-3,8-9,14-15H,12H2,1H3,(H2,13,16). The molecule has 0 aromatic heterocycles. The van der Waals surface area contributed by atoms with Crippen molar-refractivity contribution in [3.05, 3.63) is 28.3 Å². The van der Waals surface area contributed by atoms with Crippen molar-refractivity contribution in [2.75, 3.05) is 5.73 Å². The number of nitrogens with two attached hydrogens (primary N) is 2. The number of hydrogen-bond donors (Lipinski definition) is 4. The van der Waals surface area contributed by atoms with E-state index in [1.54, 1.807) is 6.92 Å². The molecule has 1 aromatic rings. The molecule has 0 fully saturated rings. The maximum absolute atomic E-state index is 10.7. The molecule has 88 valence electrons. The molecule has 2 atom stereocenters. The molecule has 0 radical (unpaired) electrons. The van der Waals surface area contributed by atoms with Crippen LogP contribution in [0.25, 0.3) is 0 Å². The second-order valence-corrected chi connectivity index (χ2v) is 3.93. The SMILES string of the molecule is Cc1cc(C(O)C(O)C(N)=O)cc(Cl)c1N.